The smallest absolute Gasteiger partial charge is 0.260 e. The van der Waals surface area contributed by atoms with Crippen molar-refractivity contribution in [3.8, 4) is 11.5 Å². The van der Waals surface area contributed by atoms with E-state index in [1.807, 2.05) is 32.0 Å². The Morgan fingerprint density at radius 1 is 1.35 bits per heavy atom. The number of hydrogen-bond acceptors (Lipinski definition) is 4. The second kappa shape index (κ2) is 7.75. The largest absolute Gasteiger partial charge is 0.493 e. The van der Waals surface area contributed by atoms with E-state index >= 15 is 0 Å². The molecule has 0 saturated carbocycles. The predicted octanol–water partition coefficient (Wildman–Crippen LogP) is 1.44. The zero-order valence-corrected chi connectivity index (χ0v) is 12.7. The quantitative estimate of drug-likeness (QED) is 0.821. The molecule has 112 valence electrons. The number of benzene rings is 1. The average molecular weight is 280 g/mol. The van der Waals surface area contributed by atoms with Crippen LogP contribution in [0.25, 0.3) is 0 Å². The Morgan fingerprint density at radius 3 is 2.60 bits per heavy atom. The number of ether oxygens (including phenoxy) is 2. The van der Waals surface area contributed by atoms with Crippen molar-refractivity contribution in [2.24, 2.45) is 5.73 Å². The van der Waals surface area contributed by atoms with Crippen LogP contribution in [0.4, 0.5) is 0 Å². The molecule has 1 aromatic rings. The fourth-order valence-corrected chi connectivity index (χ4v) is 1.69. The Balaban J connectivity index is 2.75. The van der Waals surface area contributed by atoms with Crippen LogP contribution in [-0.2, 0) is 11.2 Å². The van der Waals surface area contributed by atoms with E-state index < -0.39 is 0 Å². The molecular weight excluding hydrogens is 256 g/mol. The van der Waals surface area contributed by atoms with Gasteiger partial charge in [-0.15, -0.1) is 0 Å². The number of methoxy groups -OCH3 is 1. The molecule has 0 saturated heterocycles. The van der Waals surface area contributed by atoms with Crippen LogP contribution in [0.1, 0.15) is 19.4 Å². The first-order valence-electron chi connectivity index (χ1n) is 6.75. The zero-order valence-electron chi connectivity index (χ0n) is 12.7. The van der Waals surface area contributed by atoms with Crippen molar-refractivity contribution in [1.82, 2.24) is 4.90 Å². The lowest BCUT2D eigenvalue weighted by atomic mass is 10.1. The lowest BCUT2D eigenvalue weighted by Crippen LogP contribution is -2.36. The van der Waals surface area contributed by atoms with E-state index in [9.17, 15) is 4.79 Å². The second-order valence-electron chi connectivity index (χ2n) is 4.91. The molecule has 0 unspecified atom stereocenters. The molecule has 0 aliphatic rings. The van der Waals surface area contributed by atoms with E-state index in [0.29, 0.717) is 18.0 Å². The highest BCUT2D eigenvalue weighted by Gasteiger charge is 2.14. The summed E-state index contributed by atoms with van der Waals surface area (Å²) >= 11 is 0. The van der Waals surface area contributed by atoms with Gasteiger partial charge in [-0.1, -0.05) is 6.07 Å². The van der Waals surface area contributed by atoms with Gasteiger partial charge in [0.2, 0.25) is 0 Å². The number of nitrogens with zero attached hydrogens (tertiary/aromatic N) is 1. The van der Waals surface area contributed by atoms with E-state index in [1.165, 1.54) is 0 Å². The van der Waals surface area contributed by atoms with Crippen LogP contribution < -0.4 is 15.2 Å². The van der Waals surface area contributed by atoms with E-state index in [-0.39, 0.29) is 18.6 Å². The third-order valence-electron chi connectivity index (χ3n) is 3.18. The summed E-state index contributed by atoms with van der Waals surface area (Å²) < 4.78 is 10.8. The molecule has 0 atom stereocenters. The highest BCUT2D eigenvalue weighted by atomic mass is 16.5. The molecule has 2 N–H and O–H groups in total. The third kappa shape index (κ3) is 4.42. The second-order valence-corrected chi connectivity index (χ2v) is 4.91. The summed E-state index contributed by atoms with van der Waals surface area (Å²) in [6, 6.07) is 5.79. The Hall–Kier alpha value is -1.75. The average Bonchev–Trinajstić information content (AvgIpc) is 2.44. The number of amides is 1. The summed E-state index contributed by atoms with van der Waals surface area (Å²) in [5.41, 5.74) is 6.61. The van der Waals surface area contributed by atoms with E-state index in [4.69, 9.17) is 15.2 Å². The summed E-state index contributed by atoms with van der Waals surface area (Å²) in [4.78, 5) is 13.6. The molecule has 0 radical (unpaired) electrons. The molecule has 0 aliphatic carbocycles. The van der Waals surface area contributed by atoms with Gasteiger partial charge in [-0.05, 0) is 44.5 Å². The van der Waals surface area contributed by atoms with Gasteiger partial charge in [0.15, 0.2) is 18.1 Å². The SMILES string of the molecule is COc1ccc(CCN)cc1OCC(=O)N(C)C(C)C. The Kier molecular flexibility index (Phi) is 6.31. The molecular formula is C15H24N2O3. The minimum absolute atomic E-state index is 0.00286. The number of hydrogen-bond donors (Lipinski definition) is 1. The van der Waals surface area contributed by atoms with Gasteiger partial charge < -0.3 is 20.1 Å². The Bertz CT molecular complexity index is 447. The minimum atomic E-state index is -0.0636. The first-order valence-corrected chi connectivity index (χ1v) is 6.75. The summed E-state index contributed by atoms with van der Waals surface area (Å²) in [5.74, 6) is 1.13. The van der Waals surface area contributed by atoms with Crippen LogP contribution in [0.3, 0.4) is 0 Å². The van der Waals surface area contributed by atoms with Crippen LogP contribution in [0.5, 0.6) is 11.5 Å². The van der Waals surface area contributed by atoms with E-state index in [1.54, 1.807) is 19.1 Å². The lowest BCUT2D eigenvalue weighted by molar-refractivity contribution is -0.133. The zero-order chi connectivity index (χ0) is 15.1. The summed E-state index contributed by atoms with van der Waals surface area (Å²) in [7, 11) is 3.34. The normalized spacial score (nSPS) is 10.5. The summed E-state index contributed by atoms with van der Waals surface area (Å²) in [6.45, 7) is 4.48. The molecule has 0 aliphatic heterocycles. The maximum Gasteiger partial charge on any atom is 0.260 e. The van der Waals surface area contributed by atoms with Gasteiger partial charge in [-0.2, -0.15) is 0 Å². The molecule has 20 heavy (non-hydrogen) atoms. The van der Waals surface area contributed by atoms with E-state index in [0.717, 1.165) is 12.0 Å². The summed E-state index contributed by atoms with van der Waals surface area (Å²) in [5, 5.41) is 0. The van der Waals surface area contributed by atoms with Crippen molar-refractivity contribution in [1.29, 1.82) is 0 Å². The van der Waals surface area contributed by atoms with Crippen LogP contribution in [0.15, 0.2) is 18.2 Å². The molecule has 0 spiro atoms. The van der Waals surface area contributed by atoms with Crippen LogP contribution in [0, 0.1) is 0 Å². The number of carbonyl (C=O) groups is 1. The third-order valence-corrected chi connectivity index (χ3v) is 3.18. The fraction of sp³-hybridized carbons (Fsp3) is 0.533. The molecule has 0 fully saturated rings. The number of nitrogens with two attached hydrogens (primary N) is 1. The highest BCUT2D eigenvalue weighted by Crippen LogP contribution is 2.28. The van der Waals surface area contributed by atoms with E-state index in [2.05, 4.69) is 0 Å². The van der Waals surface area contributed by atoms with Crippen molar-refractivity contribution in [2.45, 2.75) is 26.3 Å². The maximum absolute atomic E-state index is 11.9. The number of carbonyl (C=O) groups excluding carboxylic acids is 1. The van der Waals surface area contributed by atoms with Crippen LogP contribution in [0.2, 0.25) is 0 Å². The van der Waals surface area contributed by atoms with Gasteiger partial charge in [-0.25, -0.2) is 0 Å². The van der Waals surface area contributed by atoms with Gasteiger partial charge >= 0.3 is 0 Å². The molecule has 1 rings (SSSR count). The lowest BCUT2D eigenvalue weighted by Gasteiger charge is -2.21. The van der Waals surface area contributed by atoms with Crippen molar-refractivity contribution < 1.29 is 14.3 Å². The standard InChI is InChI=1S/C15H24N2O3/c1-11(2)17(3)15(18)10-20-14-9-12(7-8-16)5-6-13(14)19-4/h5-6,9,11H,7-8,10,16H2,1-4H3. The van der Waals surface area contributed by atoms with Crippen LogP contribution >= 0.6 is 0 Å². The van der Waals surface area contributed by atoms with Gasteiger partial charge in [0.05, 0.1) is 7.11 Å². The Labute approximate surface area is 120 Å². The molecule has 1 amide bonds. The maximum atomic E-state index is 11.9. The Morgan fingerprint density at radius 2 is 2.05 bits per heavy atom. The number of rotatable bonds is 7. The van der Waals surface area contributed by atoms with Crippen molar-refractivity contribution >= 4 is 5.91 Å². The summed E-state index contributed by atoms with van der Waals surface area (Å²) in [6.07, 6.45) is 0.764. The molecule has 0 bridgehead atoms. The topological polar surface area (TPSA) is 64.8 Å². The first-order chi connectivity index (χ1) is 9.49. The minimum Gasteiger partial charge on any atom is -0.493 e. The highest BCUT2D eigenvalue weighted by molar-refractivity contribution is 5.77. The van der Waals surface area contributed by atoms with Gasteiger partial charge in [0, 0.05) is 13.1 Å². The van der Waals surface area contributed by atoms with Crippen LogP contribution in [-0.4, -0.2) is 44.2 Å². The molecule has 5 nitrogen and oxygen atoms in total. The molecule has 0 heterocycles. The number of likely N-dealkylation sites (N-methyl/N-ethyl adjacent to an activating group) is 1. The van der Waals surface area contributed by atoms with Crippen molar-refractivity contribution in [3.05, 3.63) is 23.8 Å². The predicted molar refractivity (Wildman–Crippen MR) is 79.2 cm³/mol. The first kappa shape index (κ1) is 16.3. The van der Waals surface area contributed by atoms with Gasteiger partial charge in [0.1, 0.15) is 0 Å². The molecule has 1 aromatic carbocycles. The monoisotopic (exact) mass is 280 g/mol. The van der Waals surface area contributed by atoms with Gasteiger partial charge in [0.25, 0.3) is 5.91 Å². The molecule has 0 aromatic heterocycles. The van der Waals surface area contributed by atoms with Crippen molar-refractivity contribution in [3.63, 3.8) is 0 Å². The fourth-order valence-electron chi connectivity index (χ4n) is 1.69. The van der Waals surface area contributed by atoms with Gasteiger partial charge in [-0.3, -0.25) is 4.79 Å². The van der Waals surface area contributed by atoms with Crippen molar-refractivity contribution in [2.75, 3.05) is 27.3 Å². The molecule has 5 heteroatoms.